The van der Waals surface area contributed by atoms with Gasteiger partial charge in [-0.15, -0.1) is 0 Å². The lowest BCUT2D eigenvalue weighted by atomic mass is 9.80. The Hall–Kier alpha value is -3.64. The monoisotopic (exact) mass is 704 g/mol. The molecule has 0 spiro atoms. The third-order valence-corrected chi connectivity index (χ3v) is 9.44. The van der Waals surface area contributed by atoms with Gasteiger partial charge in [0.05, 0.1) is 23.0 Å². The van der Waals surface area contributed by atoms with Crippen LogP contribution in [-0.2, 0) is 24.5 Å². The zero-order chi connectivity index (χ0) is 33.8. The number of piperidine rings is 1. The molecular formula is C35H34Cl2F4N4O3. The molecule has 1 saturated heterocycles. The molecule has 1 aliphatic heterocycles. The lowest BCUT2D eigenvalue weighted by Gasteiger charge is -2.36. The number of alkyl halides is 2. The Morgan fingerprint density at radius 3 is 2.56 bits per heavy atom. The SMILES string of the molecule is O=C([C@H]1CNCC[C@@H]1c1ccc(OCc2cc(-c3c(F)ccc(F)c3Cl)no2)cc1)N(Cc1cc(CNCC(F)F)ccc1Cl)C1CC1. The van der Waals surface area contributed by atoms with Crippen LogP contribution in [0.25, 0.3) is 11.3 Å². The molecule has 7 nitrogen and oxygen atoms in total. The van der Waals surface area contributed by atoms with E-state index in [9.17, 15) is 22.4 Å². The number of hydrogen-bond acceptors (Lipinski definition) is 6. The van der Waals surface area contributed by atoms with Crippen molar-refractivity contribution in [2.45, 2.75) is 57.3 Å². The van der Waals surface area contributed by atoms with Gasteiger partial charge in [-0.1, -0.05) is 52.6 Å². The molecule has 6 rings (SSSR count). The van der Waals surface area contributed by atoms with Gasteiger partial charge >= 0.3 is 0 Å². The number of hydrogen-bond donors (Lipinski definition) is 2. The van der Waals surface area contributed by atoms with Gasteiger partial charge in [-0.05, 0) is 78.7 Å². The summed E-state index contributed by atoms with van der Waals surface area (Å²) in [5.41, 5.74) is 2.51. The van der Waals surface area contributed by atoms with Crippen LogP contribution >= 0.6 is 23.2 Å². The van der Waals surface area contributed by atoms with E-state index in [1.165, 1.54) is 6.07 Å². The summed E-state index contributed by atoms with van der Waals surface area (Å²) in [4.78, 5) is 16.1. The van der Waals surface area contributed by atoms with Crippen molar-refractivity contribution < 1.29 is 31.6 Å². The quantitative estimate of drug-likeness (QED) is 0.110. The normalized spacial score (nSPS) is 17.9. The predicted octanol–water partition coefficient (Wildman–Crippen LogP) is 7.74. The molecule has 3 aromatic carbocycles. The number of benzene rings is 3. The first kappa shape index (κ1) is 34.2. The smallest absolute Gasteiger partial charge is 0.250 e. The first-order valence-corrected chi connectivity index (χ1v) is 16.5. The summed E-state index contributed by atoms with van der Waals surface area (Å²) in [6, 6.07) is 16.5. The van der Waals surface area contributed by atoms with Gasteiger partial charge in [-0.2, -0.15) is 0 Å². The first-order chi connectivity index (χ1) is 23.2. The van der Waals surface area contributed by atoms with Gasteiger partial charge in [0.25, 0.3) is 6.43 Å². The number of ether oxygens (including phenoxy) is 1. The minimum absolute atomic E-state index is 0.00223. The highest BCUT2D eigenvalue weighted by molar-refractivity contribution is 6.33. The van der Waals surface area contributed by atoms with E-state index in [1.54, 1.807) is 12.1 Å². The molecule has 0 unspecified atom stereocenters. The molecule has 2 fully saturated rings. The average Bonchev–Trinajstić information content (AvgIpc) is 3.82. The number of carbonyl (C=O) groups excluding carboxylic acids is 1. The predicted molar refractivity (Wildman–Crippen MR) is 174 cm³/mol. The molecule has 0 bridgehead atoms. The van der Waals surface area contributed by atoms with Crippen molar-refractivity contribution in [2.24, 2.45) is 5.92 Å². The lowest BCUT2D eigenvalue weighted by Crippen LogP contribution is -2.47. The van der Waals surface area contributed by atoms with Crippen molar-refractivity contribution in [3.8, 4) is 17.0 Å². The fourth-order valence-electron chi connectivity index (χ4n) is 6.10. The largest absolute Gasteiger partial charge is 0.486 e. The minimum atomic E-state index is -2.43. The summed E-state index contributed by atoms with van der Waals surface area (Å²) >= 11 is 12.5. The Balaban J connectivity index is 1.11. The molecule has 48 heavy (non-hydrogen) atoms. The summed E-state index contributed by atoms with van der Waals surface area (Å²) in [7, 11) is 0. The molecule has 254 valence electrons. The van der Waals surface area contributed by atoms with Crippen molar-refractivity contribution >= 4 is 29.1 Å². The molecule has 1 aliphatic carbocycles. The molecule has 4 aromatic rings. The Bertz CT molecular complexity index is 1740. The fourth-order valence-corrected chi connectivity index (χ4v) is 6.53. The highest BCUT2D eigenvalue weighted by Crippen LogP contribution is 2.38. The van der Waals surface area contributed by atoms with Crippen LogP contribution in [0.4, 0.5) is 17.6 Å². The summed E-state index contributed by atoms with van der Waals surface area (Å²) in [5.74, 6) is -0.873. The molecule has 2 N–H and O–H groups in total. The van der Waals surface area contributed by atoms with Crippen molar-refractivity contribution in [1.29, 1.82) is 0 Å². The lowest BCUT2D eigenvalue weighted by molar-refractivity contribution is -0.138. The van der Waals surface area contributed by atoms with Crippen molar-refractivity contribution in [2.75, 3.05) is 19.6 Å². The zero-order valence-corrected chi connectivity index (χ0v) is 27.3. The van der Waals surface area contributed by atoms with Crippen molar-refractivity contribution in [3.05, 3.63) is 105 Å². The third kappa shape index (κ3) is 8.14. The highest BCUT2D eigenvalue weighted by Gasteiger charge is 2.40. The van der Waals surface area contributed by atoms with Crippen molar-refractivity contribution in [1.82, 2.24) is 20.7 Å². The Morgan fingerprint density at radius 2 is 1.81 bits per heavy atom. The maximum absolute atomic E-state index is 14.3. The van der Waals surface area contributed by atoms with Crippen LogP contribution in [-0.4, -0.2) is 48.1 Å². The minimum Gasteiger partial charge on any atom is -0.486 e. The van der Waals surface area contributed by atoms with Gasteiger partial charge in [0.15, 0.2) is 5.76 Å². The van der Waals surface area contributed by atoms with E-state index >= 15 is 0 Å². The number of carbonyl (C=O) groups is 1. The number of halogens is 6. The van der Waals surface area contributed by atoms with Gasteiger partial charge in [0.1, 0.15) is 29.7 Å². The maximum atomic E-state index is 14.3. The van der Waals surface area contributed by atoms with Crippen LogP contribution in [0.5, 0.6) is 5.75 Å². The van der Waals surface area contributed by atoms with Crippen LogP contribution < -0.4 is 15.4 Å². The Morgan fingerprint density at radius 1 is 1.04 bits per heavy atom. The second-order valence-corrected chi connectivity index (χ2v) is 12.9. The molecule has 2 heterocycles. The highest BCUT2D eigenvalue weighted by atomic mass is 35.5. The molecule has 1 aromatic heterocycles. The van der Waals surface area contributed by atoms with E-state index in [0.717, 1.165) is 54.6 Å². The van der Waals surface area contributed by atoms with E-state index in [-0.39, 0.29) is 53.2 Å². The van der Waals surface area contributed by atoms with Crippen LogP contribution in [0.15, 0.2) is 65.2 Å². The standard InChI is InChI=1S/C35H34Cl2F4N4O3/c36-28-8-1-20(15-43-17-32(40)41)13-22(28)18-45(23-4-5-23)35(46)27-16-42-12-11-26(27)21-2-6-24(7-3-21)47-19-25-14-31(44-48-25)33-29(38)9-10-30(39)34(33)37/h1-3,6-10,13-14,23,26-27,32,42-43H,4-5,11-12,15-19H2/t26-,27+/m1/s1. The number of rotatable bonds is 13. The number of nitrogens with zero attached hydrogens (tertiary/aromatic N) is 2. The summed E-state index contributed by atoms with van der Waals surface area (Å²) in [6.07, 6.45) is 0.192. The van der Waals surface area contributed by atoms with E-state index in [4.69, 9.17) is 32.5 Å². The second kappa shape index (κ2) is 15.3. The molecular weight excluding hydrogens is 671 g/mol. The number of amides is 1. The fraction of sp³-hybridized carbons (Fsp3) is 0.371. The molecule has 1 saturated carbocycles. The van der Waals surface area contributed by atoms with Crippen LogP contribution in [0.2, 0.25) is 10.0 Å². The summed E-state index contributed by atoms with van der Waals surface area (Å²) in [5, 5.41) is 10.1. The number of aromatic nitrogens is 1. The van der Waals surface area contributed by atoms with Crippen molar-refractivity contribution in [3.63, 3.8) is 0 Å². The van der Waals surface area contributed by atoms with Gasteiger partial charge in [-0.3, -0.25) is 4.79 Å². The Labute approximate surface area is 285 Å². The maximum Gasteiger partial charge on any atom is 0.250 e. The van der Waals surface area contributed by atoms with E-state index < -0.39 is 24.6 Å². The van der Waals surface area contributed by atoms with E-state index in [0.29, 0.717) is 29.6 Å². The van der Waals surface area contributed by atoms with Crippen LogP contribution in [0, 0.1) is 17.6 Å². The molecule has 13 heteroatoms. The summed E-state index contributed by atoms with van der Waals surface area (Å²) in [6.45, 7) is 1.55. The van der Waals surface area contributed by atoms with Gasteiger partial charge in [0.2, 0.25) is 5.91 Å². The zero-order valence-electron chi connectivity index (χ0n) is 25.8. The van der Waals surface area contributed by atoms with E-state index in [2.05, 4.69) is 15.8 Å². The van der Waals surface area contributed by atoms with Gasteiger partial charge in [-0.25, -0.2) is 17.6 Å². The molecule has 2 aliphatic rings. The first-order valence-electron chi connectivity index (χ1n) is 15.8. The molecule has 1 amide bonds. The van der Waals surface area contributed by atoms with E-state index in [1.807, 2.05) is 35.2 Å². The second-order valence-electron chi connectivity index (χ2n) is 12.1. The van der Waals surface area contributed by atoms with Gasteiger partial charge < -0.3 is 24.8 Å². The number of nitrogens with one attached hydrogen (secondary N) is 2. The molecule has 2 atom stereocenters. The average molecular weight is 706 g/mol. The van der Waals surface area contributed by atoms with Crippen LogP contribution in [0.3, 0.4) is 0 Å². The molecule has 0 radical (unpaired) electrons. The Kier molecular flexibility index (Phi) is 10.9. The van der Waals surface area contributed by atoms with Gasteiger partial charge in [0, 0.05) is 36.8 Å². The third-order valence-electron chi connectivity index (χ3n) is 8.70. The topological polar surface area (TPSA) is 79.6 Å². The van der Waals surface area contributed by atoms with Crippen LogP contribution in [0.1, 0.15) is 47.6 Å². The summed E-state index contributed by atoms with van der Waals surface area (Å²) < 4.78 is 64.5.